The van der Waals surface area contributed by atoms with Gasteiger partial charge in [-0.3, -0.25) is 4.79 Å². The minimum Gasteiger partial charge on any atom is -0.495 e. The second-order valence-corrected chi connectivity index (χ2v) is 5.03. The lowest BCUT2D eigenvalue weighted by Gasteiger charge is -2.08. The van der Waals surface area contributed by atoms with Crippen LogP contribution in [0.4, 0.5) is 5.69 Å². The van der Waals surface area contributed by atoms with E-state index >= 15 is 0 Å². The van der Waals surface area contributed by atoms with Crippen molar-refractivity contribution in [3.63, 3.8) is 0 Å². The van der Waals surface area contributed by atoms with E-state index in [1.807, 2.05) is 24.3 Å². The molecule has 2 rings (SSSR count). The molecule has 0 atom stereocenters. The first-order valence-corrected chi connectivity index (χ1v) is 6.94. The minimum atomic E-state index is -0.161. The van der Waals surface area contributed by atoms with Crippen molar-refractivity contribution in [1.29, 1.82) is 0 Å². The zero-order valence-corrected chi connectivity index (χ0v) is 12.5. The molecule has 0 unspecified atom stereocenters. The van der Waals surface area contributed by atoms with Gasteiger partial charge >= 0.3 is 0 Å². The summed E-state index contributed by atoms with van der Waals surface area (Å²) in [4.78, 5) is 12.0. The van der Waals surface area contributed by atoms with Crippen molar-refractivity contribution in [2.45, 2.75) is 6.42 Å². The molecule has 2 aromatic rings. The summed E-state index contributed by atoms with van der Waals surface area (Å²) in [7, 11) is 1.54. The second-order valence-electron chi connectivity index (χ2n) is 4.59. The van der Waals surface area contributed by atoms with Gasteiger partial charge in [0.2, 0.25) is 0 Å². The number of ether oxygens (including phenoxy) is 1. The van der Waals surface area contributed by atoms with Crippen molar-refractivity contribution in [2.24, 2.45) is 0 Å². The van der Waals surface area contributed by atoms with Crippen LogP contribution in [0.2, 0.25) is 5.02 Å². The highest BCUT2D eigenvalue weighted by Gasteiger charge is 2.08. The average molecular weight is 305 g/mol. The van der Waals surface area contributed by atoms with Crippen LogP contribution in [-0.2, 0) is 6.42 Å². The maximum absolute atomic E-state index is 12.0. The summed E-state index contributed by atoms with van der Waals surface area (Å²) in [6, 6.07) is 12.6. The number of halogens is 1. The van der Waals surface area contributed by atoms with Crippen molar-refractivity contribution in [3.05, 3.63) is 58.6 Å². The number of nitrogen functional groups attached to an aromatic ring is 1. The van der Waals surface area contributed by atoms with Gasteiger partial charge in [0.05, 0.1) is 12.8 Å². The minimum absolute atomic E-state index is 0.161. The molecule has 0 saturated heterocycles. The van der Waals surface area contributed by atoms with Crippen molar-refractivity contribution in [2.75, 3.05) is 19.4 Å². The quantitative estimate of drug-likeness (QED) is 0.835. The number of benzene rings is 2. The van der Waals surface area contributed by atoms with Gasteiger partial charge in [-0.05, 0) is 42.3 Å². The molecule has 21 heavy (non-hydrogen) atoms. The summed E-state index contributed by atoms with van der Waals surface area (Å²) in [5, 5.41) is 3.55. The zero-order chi connectivity index (χ0) is 15.2. The highest BCUT2D eigenvalue weighted by Crippen LogP contribution is 2.21. The van der Waals surface area contributed by atoms with Gasteiger partial charge < -0.3 is 15.8 Å². The van der Waals surface area contributed by atoms with Gasteiger partial charge in [-0.15, -0.1) is 0 Å². The smallest absolute Gasteiger partial charge is 0.251 e. The first kappa shape index (κ1) is 15.2. The average Bonchev–Trinajstić information content (AvgIpc) is 2.47. The molecule has 0 saturated carbocycles. The Kier molecular flexibility index (Phi) is 5.06. The molecule has 0 spiro atoms. The Labute approximate surface area is 128 Å². The molecule has 0 aliphatic rings. The van der Waals surface area contributed by atoms with Crippen molar-refractivity contribution < 1.29 is 9.53 Å². The van der Waals surface area contributed by atoms with Gasteiger partial charge in [0, 0.05) is 17.1 Å². The number of nitrogens with one attached hydrogen (secondary N) is 1. The largest absolute Gasteiger partial charge is 0.495 e. The highest BCUT2D eigenvalue weighted by atomic mass is 35.5. The Bertz CT molecular complexity index is 644. The van der Waals surface area contributed by atoms with Crippen molar-refractivity contribution in [3.8, 4) is 5.75 Å². The fraction of sp³-hybridized carbons (Fsp3) is 0.188. The Morgan fingerprint density at radius 2 is 2.10 bits per heavy atom. The molecule has 0 aliphatic heterocycles. The Balaban J connectivity index is 1.91. The Hall–Kier alpha value is -2.20. The van der Waals surface area contributed by atoms with Gasteiger partial charge in [0.15, 0.2) is 0 Å². The molecule has 3 N–H and O–H groups in total. The molecule has 0 radical (unpaired) electrons. The predicted molar refractivity (Wildman–Crippen MR) is 84.9 cm³/mol. The normalized spacial score (nSPS) is 10.2. The van der Waals surface area contributed by atoms with Crippen LogP contribution in [0.1, 0.15) is 15.9 Å². The van der Waals surface area contributed by atoms with E-state index in [2.05, 4.69) is 5.32 Å². The van der Waals surface area contributed by atoms with E-state index in [0.29, 0.717) is 28.6 Å². The fourth-order valence-electron chi connectivity index (χ4n) is 1.99. The molecule has 4 nitrogen and oxygen atoms in total. The third-order valence-electron chi connectivity index (χ3n) is 3.08. The van der Waals surface area contributed by atoms with Crippen LogP contribution in [0.5, 0.6) is 5.75 Å². The molecule has 2 aromatic carbocycles. The molecule has 1 amide bonds. The third-order valence-corrected chi connectivity index (χ3v) is 3.32. The molecule has 0 heterocycles. The Morgan fingerprint density at radius 1 is 1.29 bits per heavy atom. The second kappa shape index (κ2) is 6.99. The summed E-state index contributed by atoms with van der Waals surface area (Å²) < 4.78 is 5.06. The van der Waals surface area contributed by atoms with Gasteiger partial charge in [0.25, 0.3) is 5.91 Å². The number of anilines is 1. The maximum Gasteiger partial charge on any atom is 0.251 e. The number of amides is 1. The van der Waals surface area contributed by atoms with Crippen LogP contribution < -0.4 is 15.8 Å². The van der Waals surface area contributed by atoms with E-state index in [1.165, 1.54) is 7.11 Å². The van der Waals surface area contributed by atoms with E-state index in [9.17, 15) is 4.79 Å². The number of hydrogen-bond acceptors (Lipinski definition) is 3. The Morgan fingerprint density at radius 3 is 2.76 bits per heavy atom. The molecule has 0 aliphatic carbocycles. The summed E-state index contributed by atoms with van der Waals surface area (Å²) in [5.41, 5.74) is 7.82. The number of carbonyl (C=O) groups is 1. The molecular weight excluding hydrogens is 288 g/mol. The standard InChI is InChI=1S/C16H17ClN2O2/c1-21-15-6-5-12(10-14(15)18)16(20)19-8-7-11-3-2-4-13(17)9-11/h2-6,9-10H,7-8,18H2,1H3,(H,19,20). The first-order chi connectivity index (χ1) is 10.1. The van der Waals surface area contributed by atoms with E-state index in [0.717, 1.165) is 12.0 Å². The molecule has 0 aromatic heterocycles. The van der Waals surface area contributed by atoms with Crippen LogP contribution in [0.15, 0.2) is 42.5 Å². The van der Waals surface area contributed by atoms with E-state index in [1.54, 1.807) is 18.2 Å². The number of carbonyl (C=O) groups excluding carboxylic acids is 1. The number of methoxy groups -OCH3 is 1. The van der Waals surface area contributed by atoms with Gasteiger partial charge in [0.1, 0.15) is 5.75 Å². The van der Waals surface area contributed by atoms with Gasteiger partial charge in [-0.2, -0.15) is 0 Å². The summed E-state index contributed by atoms with van der Waals surface area (Å²) in [6.07, 6.45) is 0.720. The monoisotopic (exact) mass is 304 g/mol. The van der Waals surface area contributed by atoms with E-state index < -0.39 is 0 Å². The lowest BCUT2D eigenvalue weighted by molar-refractivity contribution is 0.0954. The SMILES string of the molecule is COc1ccc(C(=O)NCCc2cccc(Cl)c2)cc1N. The topological polar surface area (TPSA) is 64.3 Å². The van der Waals surface area contributed by atoms with Crippen LogP contribution in [0.25, 0.3) is 0 Å². The molecule has 5 heteroatoms. The number of nitrogens with two attached hydrogens (primary N) is 1. The van der Waals surface area contributed by atoms with Crippen LogP contribution in [-0.4, -0.2) is 19.6 Å². The zero-order valence-electron chi connectivity index (χ0n) is 11.7. The lowest BCUT2D eigenvalue weighted by atomic mass is 10.1. The van der Waals surface area contributed by atoms with Crippen LogP contribution in [0.3, 0.4) is 0 Å². The third kappa shape index (κ3) is 4.13. The molecule has 110 valence electrons. The van der Waals surface area contributed by atoms with E-state index in [4.69, 9.17) is 22.1 Å². The van der Waals surface area contributed by atoms with Crippen LogP contribution in [0, 0.1) is 0 Å². The van der Waals surface area contributed by atoms with Crippen molar-refractivity contribution in [1.82, 2.24) is 5.32 Å². The maximum atomic E-state index is 12.0. The predicted octanol–water partition coefficient (Wildman–Crippen LogP) is 2.90. The summed E-state index contributed by atoms with van der Waals surface area (Å²) >= 11 is 5.92. The van der Waals surface area contributed by atoms with Crippen molar-refractivity contribution >= 4 is 23.2 Å². The lowest BCUT2D eigenvalue weighted by Crippen LogP contribution is -2.25. The first-order valence-electron chi connectivity index (χ1n) is 6.56. The van der Waals surface area contributed by atoms with Gasteiger partial charge in [-0.1, -0.05) is 23.7 Å². The number of hydrogen-bond donors (Lipinski definition) is 2. The van der Waals surface area contributed by atoms with E-state index in [-0.39, 0.29) is 5.91 Å². The summed E-state index contributed by atoms with van der Waals surface area (Å²) in [5.74, 6) is 0.400. The van der Waals surface area contributed by atoms with Gasteiger partial charge in [-0.25, -0.2) is 0 Å². The van der Waals surface area contributed by atoms with Crippen LogP contribution >= 0.6 is 11.6 Å². The summed E-state index contributed by atoms with van der Waals surface area (Å²) in [6.45, 7) is 0.533. The number of rotatable bonds is 5. The molecular formula is C16H17ClN2O2. The molecule has 0 bridgehead atoms. The highest BCUT2D eigenvalue weighted by molar-refractivity contribution is 6.30. The molecule has 0 fully saturated rings. The fourth-order valence-corrected chi connectivity index (χ4v) is 2.20.